The predicted molar refractivity (Wildman–Crippen MR) is 53.4 cm³/mol. The topological polar surface area (TPSA) is 45.0 Å². The highest BCUT2D eigenvalue weighted by Gasteiger charge is 2.05. The van der Waals surface area contributed by atoms with Crippen LogP contribution in [0.1, 0.15) is 27.2 Å². The number of ether oxygens (including phenoxy) is 1. The molecule has 0 rings (SSSR count). The quantitative estimate of drug-likeness (QED) is 0.653. The van der Waals surface area contributed by atoms with Gasteiger partial charge >= 0.3 is 0 Å². The molecule has 1 atom stereocenters. The first-order valence-electron chi connectivity index (χ1n) is 4.91. The Balaban J connectivity index is 3.44. The number of hydrogen-bond acceptors (Lipinski definition) is 3. The second-order valence-electron chi connectivity index (χ2n) is 3.57. The molecule has 0 spiro atoms. The lowest BCUT2D eigenvalue weighted by Crippen LogP contribution is -2.33. The number of nitrogens with zero attached hydrogens (tertiary/aromatic N) is 1. The molecular weight excluding hydrogens is 164 g/mol. The van der Waals surface area contributed by atoms with E-state index in [4.69, 9.17) is 10.00 Å². The van der Waals surface area contributed by atoms with Crippen LogP contribution >= 0.6 is 0 Å². The number of nitrogens with one attached hydrogen (secondary N) is 1. The summed E-state index contributed by atoms with van der Waals surface area (Å²) in [4.78, 5) is 0. The highest BCUT2D eigenvalue weighted by atomic mass is 16.5. The summed E-state index contributed by atoms with van der Waals surface area (Å²) in [6.07, 6.45) is 1.04. The third kappa shape index (κ3) is 7.76. The molecule has 1 unspecified atom stereocenters. The van der Waals surface area contributed by atoms with E-state index in [0.717, 1.165) is 19.6 Å². The van der Waals surface area contributed by atoms with Gasteiger partial charge in [-0.1, -0.05) is 20.8 Å². The van der Waals surface area contributed by atoms with E-state index in [1.54, 1.807) is 0 Å². The first-order chi connectivity index (χ1) is 6.20. The summed E-state index contributed by atoms with van der Waals surface area (Å²) in [6, 6.07) is 2.02. The van der Waals surface area contributed by atoms with Crippen LogP contribution in [-0.4, -0.2) is 25.8 Å². The molecule has 0 aromatic heterocycles. The van der Waals surface area contributed by atoms with Gasteiger partial charge in [-0.2, -0.15) is 5.26 Å². The Kier molecular flexibility index (Phi) is 7.66. The molecule has 13 heavy (non-hydrogen) atoms. The molecule has 0 radical (unpaired) electrons. The van der Waals surface area contributed by atoms with Crippen LogP contribution < -0.4 is 5.32 Å². The maximum atomic E-state index is 8.73. The fourth-order valence-electron chi connectivity index (χ4n) is 0.882. The van der Waals surface area contributed by atoms with Gasteiger partial charge in [0.1, 0.15) is 6.04 Å². The maximum absolute atomic E-state index is 8.73. The lowest BCUT2D eigenvalue weighted by Gasteiger charge is -2.12. The van der Waals surface area contributed by atoms with Crippen LogP contribution in [0, 0.1) is 17.2 Å². The molecule has 0 bridgehead atoms. The first kappa shape index (κ1) is 12.4. The smallest absolute Gasteiger partial charge is 0.119 e. The van der Waals surface area contributed by atoms with Crippen molar-refractivity contribution >= 4 is 0 Å². The zero-order valence-electron chi connectivity index (χ0n) is 8.84. The number of rotatable bonds is 7. The molecule has 0 saturated heterocycles. The standard InChI is InChI=1S/C10H20N2O/c1-4-5-12-10(6-11)8-13-7-9(2)3/h9-10,12H,4-5,7-8H2,1-3H3. The van der Waals surface area contributed by atoms with Gasteiger partial charge in [0, 0.05) is 6.61 Å². The second-order valence-corrected chi connectivity index (χ2v) is 3.57. The van der Waals surface area contributed by atoms with Gasteiger partial charge in [-0.3, -0.25) is 0 Å². The summed E-state index contributed by atoms with van der Waals surface area (Å²) in [5.74, 6) is 0.533. The van der Waals surface area contributed by atoms with Crippen LogP contribution in [0.5, 0.6) is 0 Å². The summed E-state index contributed by atoms with van der Waals surface area (Å²) in [7, 11) is 0. The van der Waals surface area contributed by atoms with E-state index in [-0.39, 0.29) is 6.04 Å². The van der Waals surface area contributed by atoms with Crippen molar-refractivity contribution in [2.75, 3.05) is 19.8 Å². The van der Waals surface area contributed by atoms with E-state index in [1.165, 1.54) is 0 Å². The van der Waals surface area contributed by atoms with E-state index < -0.39 is 0 Å². The largest absolute Gasteiger partial charge is 0.378 e. The van der Waals surface area contributed by atoms with Crippen molar-refractivity contribution in [2.24, 2.45) is 5.92 Å². The predicted octanol–water partition coefficient (Wildman–Crippen LogP) is 1.55. The Labute approximate surface area is 81.1 Å². The molecule has 3 heteroatoms. The molecule has 0 fully saturated rings. The summed E-state index contributed by atoms with van der Waals surface area (Å²) < 4.78 is 5.36. The molecule has 0 heterocycles. The second kappa shape index (κ2) is 8.03. The van der Waals surface area contributed by atoms with Gasteiger partial charge < -0.3 is 10.1 Å². The Morgan fingerprint density at radius 2 is 2.08 bits per heavy atom. The average Bonchev–Trinajstić information content (AvgIpc) is 2.10. The third-order valence-electron chi connectivity index (χ3n) is 1.53. The van der Waals surface area contributed by atoms with Crippen molar-refractivity contribution in [1.29, 1.82) is 5.26 Å². The summed E-state index contributed by atoms with van der Waals surface area (Å²) >= 11 is 0. The minimum Gasteiger partial charge on any atom is -0.378 e. The molecule has 0 aliphatic rings. The van der Waals surface area contributed by atoms with Crippen molar-refractivity contribution < 1.29 is 4.74 Å². The summed E-state index contributed by atoms with van der Waals surface area (Å²) in [5.41, 5.74) is 0. The van der Waals surface area contributed by atoms with Crippen LogP contribution in [-0.2, 0) is 4.74 Å². The molecule has 0 aromatic carbocycles. The van der Waals surface area contributed by atoms with Gasteiger partial charge in [0.2, 0.25) is 0 Å². The van der Waals surface area contributed by atoms with E-state index in [2.05, 4.69) is 32.2 Å². The summed E-state index contributed by atoms with van der Waals surface area (Å²) in [6.45, 7) is 8.38. The van der Waals surface area contributed by atoms with Crippen LogP contribution in [0.4, 0.5) is 0 Å². The van der Waals surface area contributed by atoms with E-state index in [0.29, 0.717) is 12.5 Å². The fraction of sp³-hybridized carbons (Fsp3) is 0.900. The molecule has 0 aliphatic heterocycles. The van der Waals surface area contributed by atoms with Crippen LogP contribution in [0.25, 0.3) is 0 Å². The van der Waals surface area contributed by atoms with Gasteiger partial charge in [0.05, 0.1) is 12.7 Å². The van der Waals surface area contributed by atoms with Crippen molar-refractivity contribution in [1.82, 2.24) is 5.32 Å². The summed E-state index contributed by atoms with van der Waals surface area (Å²) in [5, 5.41) is 11.8. The zero-order valence-corrected chi connectivity index (χ0v) is 8.84. The fourth-order valence-corrected chi connectivity index (χ4v) is 0.882. The third-order valence-corrected chi connectivity index (χ3v) is 1.53. The average molecular weight is 184 g/mol. The van der Waals surface area contributed by atoms with Gasteiger partial charge in [-0.15, -0.1) is 0 Å². The highest BCUT2D eigenvalue weighted by molar-refractivity contribution is 4.89. The van der Waals surface area contributed by atoms with Crippen molar-refractivity contribution in [3.8, 4) is 6.07 Å². The van der Waals surface area contributed by atoms with E-state index >= 15 is 0 Å². The molecule has 0 aromatic rings. The Morgan fingerprint density at radius 1 is 1.38 bits per heavy atom. The molecule has 3 nitrogen and oxygen atoms in total. The van der Waals surface area contributed by atoms with Crippen LogP contribution in [0.15, 0.2) is 0 Å². The van der Waals surface area contributed by atoms with Crippen LogP contribution in [0.3, 0.4) is 0 Å². The Bertz CT molecular complexity index is 151. The van der Waals surface area contributed by atoms with Gasteiger partial charge in [-0.05, 0) is 18.9 Å². The molecule has 1 N–H and O–H groups in total. The van der Waals surface area contributed by atoms with Crippen molar-refractivity contribution in [3.63, 3.8) is 0 Å². The van der Waals surface area contributed by atoms with Gasteiger partial charge in [-0.25, -0.2) is 0 Å². The monoisotopic (exact) mass is 184 g/mol. The van der Waals surface area contributed by atoms with Gasteiger partial charge in [0.25, 0.3) is 0 Å². The van der Waals surface area contributed by atoms with Crippen LogP contribution in [0.2, 0.25) is 0 Å². The lowest BCUT2D eigenvalue weighted by molar-refractivity contribution is 0.101. The van der Waals surface area contributed by atoms with E-state index in [1.807, 2.05) is 0 Å². The lowest BCUT2D eigenvalue weighted by atomic mass is 10.2. The minimum absolute atomic E-state index is 0.154. The minimum atomic E-state index is -0.154. The molecule has 0 saturated carbocycles. The zero-order chi connectivity index (χ0) is 10.1. The Morgan fingerprint density at radius 3 is 2.54 bits per heavy atom. The van der Waals surface area contributed by atoms with E-state index in [9.17, 15) is 0 Å². The van der Waals surface area contributed by atoms with Gasteiger partial charge in [0.15, 0.2) is 0 Å². The van der Waals surface area contributed by atoms with Crippen molar-refractivity contribution in [2.45, 2.75) is 33.2 Å². The SMILES string of the molecule is CCCNC(C#N)COCC(C)C. The Hall–Kier alpha value is -0.590. The maximum Gasteiger partial charge on any atom is 0.119 e. The molecule has 76 valence electrons. The number of hydrogen-bond donors (Lipinski definition) is 1. The normalized spacial score (nSPS) is 12.8. The molecular formula is C10H20N2O. The highest BCUT2D eigenvalue weighted by Crippen LogP contribution is 1.93. The van der Waals surface area contributed by atoms with Crippen molar-refractivity contribution in [3.05, 3.63) is 0 Å². The molecule has 0 amide bonds. The molecule has 0 aliphatic carbocycles. The first-order valence-corrected chi connectivity index (χ1v) is 4.91. The number of nitriles is 1.